The summed E-state index contributed by atoms with van der Waals surface area (Å²) in [6.07, 6.45) is 1.27. The molecular formula is C12H10BrFN2O3. The highest BCUT2D eigenvalue weighted by Gasteiger charge is 2.09. The second-order valence-electron chi connectivity index (χ2n) is 3.64. The number of nitrogens with one attached hydrogen (secondary N) is 1. The van der Waals surface area contributed by atoms with Crippen molar-refractivity contribution in [1.29, 1.82) is 0 Å². The SMILES string of the molecule is NNC(=O)c1coc(COc2ccc(Br)c(F)c2)c1. The van der Waals surface area contributed by atoms with Crippen LogP contribution in [0.3, 0.4) is 0 Å². The van der Waals surface area contributed by atoms with Crippen molar-refractivity contribution in [3.05, 3.63) is 52.1 Å². The topological polar surface area (TPSA) is 77.5 Å². The molecule has 0 radical (unpaired) electrons. The van der Waals surface area contributed by atoms with Crippen LogP contribution in [0.15, 0.2) is 39.4 Å². The van der Waals surface area contributed by atoms with Crippen LogP contribution in [0, 0.1) is 5.82 Å². The maximum Gasteiger partial charge on any atom is 0.268 e. The fraction of sp³-hybridized carbons (Fsp3) is 0.0833. The van der Waals surface area contributed by atoms with Gasteiger partial charge in [-0.2, -0.15) is 0 Å². The van der Waals surface area contributed by atoms with Crippen LogP contribution in [0.2, 0.25) is 0 Å². The summed E-state index contributed by atoms with van der Waals surface area (Å²) in [4.78, 5) is 11.2. The number of benzene rings is 1. The van der Waals surface area contributed by atoms with Gasteiger partial charge in [-0.1, -0.05) is 0 Å². The van der Waals surface area contributed by atoms with E-state index < -0.39 is 11.7 Å². The summed E-state index contributed by atoms with van der Waals surface area (Å²) >= 11 is 3.05. The molecule has 0 bridgehead atoms. The van der Waals surface area contributed by atoms with Crippen molar-refractivity contribution in [2.24, 2.45) is 5.84 Å². The quantitative estimate of drug-likeness (QED) is 0.513. The normalized spacial score (nSPS) is 10.3. The van der Waals surface area contributed by atoms with E-state index in [1.807, 2.05) is 5.43 Å². The first kappa shape index (κ1) is 13.6. The lowest BCUT2D eigenvalue weighted by Gasteiger charge is -2.04. The molecule has 3 N–H and O–H groups in total. The van der Waals surface area contributed by atoms with Crippen molar-refractivity contribution in [1.82, 2.24) is 5.43 Å². The van der Waals surface area contributed by atoms with Gasteiger partial charge in [-0.25, -0.2) is 10.2 Å². The largest absolute Gasteiger partial charge is 0.486 e. The highest BCUT2D eigenvalue weighted by molar-refractivity contribution is 9.10. The van der Waals surface area contributed by atoms with Gasteiger partial charge in [-0.3, -0.25) is 10.2 Å². The summed E-state index contributed by atoms with van der Waals surface area (Å²) in [5.41, 5.74) is 2.28. The van der Waals surface area contributed by atoms with Crippen LogP contribution in [-0.2, 0) is 6.61 Å². The number of amides is 1. The van der Waals surface area contributed by atoms with Gasteiger partial charge in [0, 0.05) is 6.07 Å². The van der Waals surface area contributed by atoms with Crippen molar-refractivity contribution in [3.8, 4) is 5.75 Å². The molecule has 7 heteroatoms. The van der Waals surface area contributed by atoms with E-state index in [0.717, 1.165) is 0 Å². The van der Waals surface area contributed by atoms with Gasteiger partial charge in [-0.15, -0.1) is 0 Å². The van der Waals surface area contributed by atoms with Gasteiger partial charge in [0.2, 0.25) is 0 Å². The van der Waals surface area contributed by atoms with E-state index in [4.69, 9.17) is 15.0 Å². The molecule has 1 aromatic carbocycles. The average molecular weight is 329 g/mol. The van der Waals surface area contributed by atoms with Crippen molar-refractivity contribution in [3.63, 3.8) is 0 Å². The standard InChI is InChI=1S/C12H10BrFN2O3/c13-10-2-1-8(4-11(10)14)19-6-9-3-7(5-18-9)12(17)16-15/h1-5H,6,15H2,(H,16,17). The predicted octanol–water partition coefficient (Wildman–Crippen LogP) is 2.36. The molecule has 0 fully saturated rings. The van der Waals surface area contributed by atoms with Crippen molar-refractivity contribution in [2.45, 2.75) is 6.61 Å². The molecule has 5 nitrogen and oxygen atoms in total. The first-order chi connectivity index (χ1) is 9.10. The van der Waals surface area contributed by atoms with Crippen LogP contribution >= 0.6 is 15.9 Å². The Balaban J connectivity index is 2.00. The minimum atomic E-state index is -0.454. The molecule has 19 heavy (non-hydrogen) atoms. The molecule has 0 atom stereocenters. The Hall–Kier alpha value is -1.86. The zero-order valence-corrected chi connectivity index (χ0v) is 11.2. The van der Waals surface area contributed by atoms with Crippen LogP contribution < -0.4 is 16.0 Å². The third kappa shape index (κ3) is 3.33. The molecule has 0 aliphatic rings. The van der Waals surface area contributed by atoms with Gasteiger partial charge < -0.3 is 9.15 Å². The molecule has 0 saturated heterocycles. The molecule has 100 valence electrons. The third-order valence-electron chi connectivity index (χ3n) is 2.32. The van der Waals surface area contributed by atoms with Crippen LogP contribution in [0.25, 0.3) is 0 Å². The minimum Gasteiger partial charge on any atom is -0.486 e. The lowest BCUT2D eigenvalue weighted by molar-refractivity contribution is 0.0953. The molecule has 1 amide bonds. The summed E-state index contributed by atoms with van der Waals surface area (Å²) in [7, 11) is 0. The second-order valence-corrected chi connectivity index (χ2v) is 4.49. The number of rotatable bonds is 4. The summed E-state index contributed by atoms with van der Waals surface area (Å²) < 4.78 is 24.1. The molecule has 1 aromatic heterocycles. The van der Waals surface area contributed by atoms with Gasteiger partial charge in [0.15, 0.2) is 0 Å². The Kier molecular flexibility index (Phi) is 4.18. The number of nitrogens with two attached hydrogens (primary N) is 1. The summed E-state index contributed by atoms with van der Waals surface area (Å²) in [6.45, 7) is 0.0823. The van der Waals surface area contributed by atoms with E-state index in [2.05, 4.69) is 15.9 Å². The first-order valence-electron chi connectivity index (χ1n) is 5.26. The van der Waals surface area contributed by atoms with E-state index in [1.54, 1.807) is 12.1 Å². The van der Waals surface area contributed by atoms with Crippen LogP contribution in [0.4, 0.5) is 4.39 Å². The molecular weight excluding hydrogens is 319 g/mol. The number of ether oxygens (including phenoxy) is 1. The highest BCUT2D eigenvalue weighted by Crippen LogP contribution is 2.22. The number of hydrogen-bond donors (Lipinski definition) is 2. The smallest absolute Gasteiger partial charge is 0.268 e. The third-order valence-corrected chi connectivity index (χ3v) is 2.96. The van der Waals surface area contributed by atoms with E-state index >= 15 is 0 Å². The second kappa shape index (κ2) is 5.85. The average Bonchev–Trinajstić information content (AvgIpc) is 2.88. The summed E-state index contributed by atoms with van der Waals surface area (Å²) in [5, 5.41) is 0. The summed E-state index contributed by atoms with van der Waals surface area (Å²) in [5.74, 6) is 4.92. The maximum atomic E-state index is 13.2. The molecule has 1 heterocycles. The van der Waals surface area contributed by atoms with Crippen LogP contribution in [-0.4, -0.2) is 5.91 Å². The zero-order chi connectivity index (χ0) is 13.8. The lowest BCUT2D eigenvalue weighted by Crippen LogP contribution is -2.29. The Morgan fingerprint density at radius 1 is 1.47 bits per heavy atom. The number of hydrogen-bond acceptors (Lipinski definition) is 4. The summed E-state index contributed by atoms with van der Waals surface area (Å²) in [6, 6.07) is 5.90. The molecule has 0 unspecified atom stereocenters. The Morgan fingerprint density at radius 2 is 2.26 bits per heavy atom. The van der Waals surface area contributed by atoms with Crippen LogP contribution in [0.1, 0.15) is 16.1 Å². The number of nitrogen functional groups attached to an aromatic ring is 1. The number of furan rings is 1. The van der Waals surface area contributed by atoms with E-state index in [9.17, 15) is 9.18 Å². The minimum absolute atomic E-state index is 0.0823. The number of hydrazine groups is 1. The molecule has 2 rings (SSSR count). The Morgan fingerprint density at radius 3 is 2.95 bits per heavy atom. The Labute approximate surface area is 116 Å². The maximum absolute atomic E-state index is 13.2. The number of carbonyl (C=O) groups is 1. The van der Waals surface area contributed by atoms with Crippen molar-refractivity contribution < 1.29 is 18.3 Å². The van der Waals surface area contributed by atoms with Gasteiger partial charge in [0.25, 0.3) is 5.91 Å². The van der Waals surface area contributed by atoms with Gasteiger partial charge in [0.05, 0.1) is 10.0 Å². The van der Waals surface area contributed by atoms with Gasteiger partial charge in [0.1, 0.15) is 30.2 Å². The molecule has 0 saturated carbocycles. The highest BCUT2D eigenvalue weighted by atomic mass is 79.9. The van der Waals surface area contributed by atoms with Gasteiger partial charge in [-0.05, 0) is 34.1 Å². The number of halogens is 2. The fourth-order valence-electron chi connectivity index (χ4n) is 1.38. The predicted molar refractivity (Wildman–Crippen MR) is 68.8 cm³/mol. The van der Waals surface area contributed by atoms with Crippen molar-refractivity contribution >= 4 is 21.8 Å². The molecule has 2 aromatic rings. The monoisotopic (exact) mass is 328 g/mol. The van der Waals surface area contributed by atoms with Crippen molar-refractivity contribution in [2.75, 3.05) is 0 Å². The van der Waals surface area contributed by atoms with E-state index in [0.29, 0.717) is 21.5 Å². The lowest BCUT2D eigenvalue weighted by atomic mass is 10.3. The van der Waals surface area contributed by atoms with Gasteiger partial charge >= 0.3 is 0 Å². The molecule has 0 aliphatic heterocycles. The molecule has 0 spiro atoms. The van der Waals surface area contributed by atoms with E-state index in [-0.39, 0.29) is 6.61 Å². The molecule has 0 aliphatic carbocycles. The Bertz CT molecular complexity index is 600. The zero-order valence-electron chi connectivity index (χ0n) is 9.65. The number of carbonyl (C=O) groups excluding carboxylic acids is 1. The van der Waals surface area contributed by atoms with Crippen LogP contribution in [0.5, 0.6) is 5.75 Å². The first-order valence-corrected chi connectivity index (χ1v) is 6.05. The fourth-order valence-corrected chi connectivity index (χ4v) is 1.63. The van der Waals surface area contributed by atoms with E-state index in [1.165, 1.54) is 18.4 Å².